The lowest BCUT2D eigenvalue weighted by atomic mass is 10.1. The van der Waals surface area contributed by atoms with Crippen molar-refractivity contribution in [1.29, 1.82) is 0 Å². The Morgan fingerprint density at radius 1 is 1.35 bits per heavy atom. The van der Waals surface area contributed by atoms with Crippen LogP contribution < -0.4 is 10.6 Å². The zero-order valence-corrected chi connectivity index (χ0v) is 13.7. The molecule has 1 heterocycles. The van der Waals surface area contributed by atoms with Crippen LogP contribution in [0, 0.1) is 5.82 Å². The molecule has 1 fully saturated rings. The van der Waals surface area contributed by atoms with Gasteiger partial charge in [0.15, 0.2) is 5.96 Å². The van der Waals surface area contributed by atoms with Crippen molar-refractivity contribution in [2.45, 2.75) is 25.4 Å². The lowest BCUT2D eigenvalue weighted by Crippen LogP contribution is -2.40. The third-order valence-electron chi connectivity index (χ3n) is 3.73. The van der Waals surface area contributed by atoms with Crippen molar-refractivity contribution in [2.24, 2.45) is 4.99 Å². The number of rotatable bonds is 8. The summed E-state index contributed by atoms with van der Waals surface area (Å²) in [7, 11) is 1.71. The maximum Gasteiger partial charge on any atom is 0.191 e. The summed E-state index contributed by atoms with van der Waals surface area (Å²) in [5.74, 6) is 0.529. The van der Waals surface area contributed by atoms with E-state index in [1.807, 2.05) is 6.07 Å². The van der Waals surface area contributed by atoms with Crippen LogP contribution in [0.4, 0.5) is 4.39 Å². The van der Waals surface area contributed by atoms with Gasteiger partial charge in [0.05, 0.1) is 19.3 Å². The van der Waals surface area contributed by atoms with Gasteiger partial charge in [-0.2, -0.15) is 0 Å². The number of benzene rings is 1. The molecule has 1 aliphatic heterocycles. The van der Waals surface area contributed by atoms with Gasteiger partial charge >= 0.3 is 0 Å². The molecule has 1 atom stereocenters. The summed E-state index contributed by atoms with van der Waals surface area (Å²) >= 11 is 0. The van der Waals surface area contributed by atoms with E-state index < -0.39 is 0 Å². The van der Waals surface area contributed by atoms with Crippen LogP contribution in [0.2, 0.25) is 0 Å². The maximum absolute atomic E-state index is 13.5. The molecule has 6 heteroatoms. The summed E-state index contributed by atoms with van der Waals surface area (Å²) in [5, 5.41) is 6.34. The number of nitrogens with zero attached hydrogens (tertiary/aromatic N) is 1. The molecule has 0 aliphatic carbocycles. The highest BCUT2D eigenvalue weighted by Gasteiger charge is 2.14. The van der Waals surface area contributed by atoms with E-state index in [2.05, 4.69) is 15.6 Å². The second-order valence-corrected chi connectivity index (χ2v) is 5.48. The molecule has 2 N–H and O–H groups in total. The van der Waals surface area contributed by atoms with Crippen molar-refractivity contribution >= 4 is 5.96 Å². The fraction of sp³-hybridized carbons (Fsp3) is 0.588. The first-order valence-electron chi connectivity index (χ1n) is 8.17. The summed E-state index contributed by atoms with van der Waals surface area (Å²) in [6.07, 6.45) is 3.09. The van der Waals surface area contributed by atoms with E-state index in [-0.39, 0.29) is 11.9 Å². The number of aliphatic imine (C=N–C) groups is 1. The minimum atomic E-state index is -0.167. The van der Waals surface area contributed by atoms with E-state index in [0.29, 0.717) is 44.2 Å². The van der Waals surface area contributed by atoms with E-state index in [1.165, 1.54) is 6.07 Å². The van der Waals surface area contributed by atoms with Gasteiger partial charge in [0.2, 0.25) is 0 Å². The number of ether oxygens (including phenoxy) is 2. The van der Waals surface area contributed by atoms with Crippen LogP contribution in [-0.4, -0.2) is 52.0 Å². The standard InChI is InChI=1S/C17H26FN3O2/c1-19-17(20-9-8-14-5-2-3-7-16(14)18)21-10-12-22-13-15-6-4-11-23-15/h2-3,5,7,15H,4,6,8-13H2,1H3,(H2,19,20,21). The highest BCUT2D eigenvalue weighted by Crippen LogP contribution is 2.11. The van der Waals surface area contributed by atoms with Gasteiger partial charge in [0, 0.05) is 26.7 Å². The third kappa shape index (κ3) is 6.54. The highest BCUT2D eigenvalue weighted by molar-refractivity contribution is 5.79. The van der Waals surface area contributed by atoms with E-state index in [4.69, 9.17) is 9.47 Å². The molecule has 0 amide bonds. The zero-order chi connectivity index (χ0) is 16.3. The Kier molecular flexibility index (Phi) is 7.83. The Bertz CT molecular complexity index is 490. The second kappa shape index (κ2) is 10.2. The van der Waals surface area contributed by atoms with Crippen molar-refractivity contribution in [3.63, 3.8) is 0 Å². The van der Waals surface area contributed by atoms with Gasteiger partial charge in [-0.1, -0.05) is 18.2 Å². The molecule has 0 bridgehead atoms. The van der Waals surface area contributed by atoms with Crippen LogP contribution in [0.15, 0.2) is 29.3 Å². The van der Waals surface area contributed by atoms with Crippen LogP contribution in [0.5, 0.6) is 0 Å². The first-order valence-corrected chi connectivity index (χ1v) is 8.17. The normalized spacial score (nSPS) is 18.2. The molecular weight excluding hydrogens is 297 g/mol. The number of hydrogen-bond donors (Lipinski definition) is 2. The van der Waals surface area contributed by atoms with E-state index >= 15 is 0 Å². The molecule has 5 nitrogen and oxygen atoms in total. The van der Waals surface area contributed by atoms with Crippen molar-refractivity contribution in [2.75, 3.05) is 40.0 Å². The molecule has 0 aromatic heterocycles. The molecule has 1 saturated heterocycles. The Morgan fingerprint density at radius 3 is 2.91 bits per heavy atom. The summed E-state index contributed by atoms with van der Waals surface area (Å²) in [4.78, 5) is 4.14. The fourth-order valence-corrected chi connectivity index (χ4v) is 2.47. The Morgan fingerprint density at radius 2 is 2.17 bits per heavy atom. The van der Waals surface area contributed by atoms with Gasteiger partial charge in [-0.3, -0.25) is 4.99 Å². The second-order valence-electron chi connectivity index (χ2n) is 5.48. The molecule has 0 saturated carbocycles. The molecule has 2 rings (SSSR count). The van der Waals surface area contributed by atoms with Gasteiger partial charge in [-0.25, -0.2) is 4.39 Å². The maximum atomic E-state index is 13.5. The fourth-order valence-electron chi connectivity index (χ4n) is 2.47. The number of halogens is 1. The number of hydrogen-bond acceptors (Lipinski definition) is 3. The molecule has 1 aromatic carbocycles. The molecular formula is C17H26FN3O2. The van der Waals surface area contributed by atoms with E-state index in [0.717, 1.165) is 19.4 Å². The molecule has 1 aliphatic rings. The van der Waals surface area contributed by atoms with Crippen LogP contribution in [0.3, 0.4) is 0 Å². The minimum Gasteiger partial charge on any atom is -0.377 e. The van der Waals surface area contributed by atoms with Gasteiger partial charge < -0.3 is 20.1 Å². The Balaban J connectivity index is 1.55. The highest BCUT2D eigenvalue weighted by atomic mass is 19.1. The molecule has 1 unspecified atom stereocenters. The first-order chi connectivity index (χ1) is 11.3. The molecule has 0 radical (unpaired) electrons. The van der Waals surface area contributed by atoms with Crippen LogP contribution >= 0.6 is 0 Å². The van der Waals surface area contributed by atoms with Gasteiger partial charge in [0.1, 0.15) is 5.82 Å². The Hall–Kier alpha value is -1.66. The predicted octanol–water partition coefficient (Wildman–Crippen LogP) is 1.73. The van der Waals surface area contributed by atoms with Gasteiger partial charge in [0.25, 0.3) is 0 Å². The molecule has 0 spiro atoms. The van der Waals surface area contributed by atoms with Crippen molar-refractivity contribution in [3.8, 4) is 0 Å². The third-order valence-corrected chi connectivity index (χ3v) is 3.73. The SMILES string of the molecule is CN=C(NCCOCC1CCCO1)NCCc1ccccc1F. The number of guanidine groups is 1. The van der Waals surface area contributed by atoms with Crippen LogP contribution in [0.1, 0.15) is 18.4 Å². The summed E-state index contributed by atoms with van der Waals surface area (Å²) in [6, 6.07) is 6.82. The minimum absolute atomic E-state index is 0.167. The van der Waals surface area contributed by atoms with Crippen molar-refractivity contribution in [1.82, 2.24) is 10.6 Å². The quantitative estimate of drug-likeness (QED) is 0.435. The van der Waals surface area contributed by atoms with Gasteiger partial charge in [-0.15, -0.1) is 0 Å². The van der Waals surface area contributed by atoms with Crippen molar-refractivity contribution < 1.29 is 13.9 Å². The molecule has 128 valence electrons. The largest absolute Gasteiger partial charge is 0.377 e. The van der Waals surface area contributed by atoms with Crippen LogP contribution in [-0.2, 0) is 15.9 Å². The first kappa shape index (κ1) is 17.7. The molecule has 1 aromatic rings. The predicted molar refractivity (Wildman–Crippen MR) is 89.3 cm³/mol. The summed E-state index contributed by atoms with van der Waals surface area (Å²) in [6.45, 7) is 3.41. The summed E-state index contributed by atoms with van der Waals surface area (Å²) in [5.41, 5.74) is 0.704. The van der Waals surface area contributed by atoms with E-state index in [9.17, 15) is 4.39 Å². The summed E-state index contributed by atoms with van der Waals surface area (Å²) < 4.78 is 24.6. The number of nitrogens with one attached hydrogen (secondary N) is 2. The van der Waals surface area contributed by atoms with Crippen molar-refractivity contribution in [3.05, 3.63) is 35.6 Å². The van der Waals surface area contributed by atoms with Crippen LogP contribution in [0.25, 0.3) is 0 Å². The Labute approximate surface area is 137 Å². The lowest BCUT2D eigenvalue weighted by Gasteiger charge is -2.13. The van der Waals surface area contributed by atoms with E-state index in [1.54, 1.807) is 19.2 Å². The lowest BCUT2D eigenvalue weighted by molar-refractivity contribution is 0.0191. The average molecular weight is 323 g/mol. The van der Waals surface area contributed by atoms with Gasteiger partial charge in [-0.05, 0) is 30.9 Å². The topological polar surface area (TPSA) is 54.9 Å². The molecule has 23 heavy (non-hydrogen) atoms. The monoisotopic (exact) mass is 323 g/mol. The smallest absolute Gasteiger partial charge is 0.191 e. The average Bonchev–Trinajstić information content (AvgIpc) is 3.08. The zero-order valence-electron chi connectivity index (χ0n) is 13.7.